The number of hydrogen-bond acceptors (Lipinski definition) is 6. The average molecular weight is 494 g/mol. The molecule has 0 saturated carbocycles. The minimum absolute atomic E-state index is 0.0197. The second-order valence-corrected chi connectivity index (χ2v) is 8.57. The summed E-state index contributed by atoms with van der Waals surface area (Å²) >= 11 is 0.720. The van der Waals surface area contributed by atoms with E-state index in [0.717, 1.165) is 22.2 Å². The van der Waals surface area contributed by atoms with Gasteiger partial charge < -0.3 is 15.1 Å². The van der Waals surface area contributed by atoms with Gasteiger partial charge in [-0.3, -0.25) is 24.1 Å². The van der Waals surface area contributed by atoms with Crippen LogP contribution in [-0.4, -0.2) is 41.0 Å². The first-order valence-electron chi connectivity index (χ1n) is 10.6. The Morgan fingerprint density at radius 2 is 1.89 bits per heavy atom. The SMILES string of the molecule is Cc1ccc(C(=O)NCCN2C(=O)S/C(=C\c3ccccc3F)C2=O)cc1NC(=O)c1ccco1. The molecule has 2 heterocycles. The van der Waals surface area contributed by atoms with E-state index in [0.29, 0.717) is 11.3 Å². The molecule has 10 heteroatoms. The van der Waals surface area contributed by atoms with Gasteiger partial charge in [-0.15, -0.1) is 0 Å². The van der Waals surface area contributed by atoms with Gasteiger partial charge in [0.15, 0.2) is 5.76 Å². The lowest BCUT2D eigenvalue weighted by molar-refractivity contribution is -0.122. The highest BCUT2D eigenvalue weighted by molar-refractivity contribution is 8.18. The number of carbonyl (C=O) groups is 4. The van der Waals surface area contributed by atoms with E-state index >= 15 is 0 Å². The molecule has 0 unspecified atom stereocenters. The topological polar surface area (TPSA) is 109 Å². The van der Waals surface area contributed by atoms with Crippen LogP contribution < -0.4 is 10.6 Å². The van der Waals surface area contributed by atoms with E-state index in [-0.39, 0.29) is 29.3 Å². The van der Waals surface area contributed by atoms with Crippen molar-refractivity contribution >= 4 is 46.5 Å². The zero-order chi connectivity index (χ0) is 24.9. The Kier molecular flexibility index (Phi) is 7.11. The summed E-state index contributed by atoms with van der Waals surface area (Å²) in [6.45, 7) is 1.76. The van der Waals surface area contributed by atoms with Gasteiger partial charge in [0, 0.05) is 29.9 Å². The number of nitrogens with one attached hydrogen (secondary N) is 2. The summed E-state index contributed by atoms with van der Waals surface area (Å²) in [7, 11) is 0. The van der Waals surface area contributed by atoms with E-state index in [1.807, 2.05) is 0 Å². The predicted molar refractivity (Wildman–Crippen MR) is 129 cm³/mol. The monoisotopic (exact) mass is 493 g/mol. The maximum atomic E-state index is 13.9. The fraction of sp³-hybridized carbons (Fsp3) is 0.120. The second kappa shape index (κ2) is 10.4. The van der Waals surface area contributed by atoms with Gasteiger partial charge in [0.05, 0.1) is 11.2 Å². The lowest BCUT2D eigenvalue weighted by Crippen LogP contribution is -2.37. The van der Waals surface area contributed by atoms with Crippen LogP contribution in [0.25, 0.3) is 6.08 Å². The number of furan rings is 1. The molecule has 0 spiro atoms. The minimum atomic E-state index is -0.546. The van der Waals surface area contributed by atoms with Gasteiger partial charge in [-0.2, -0.15) is 0 Å². The fourth-order valence-corrected chi connectivity index (χ4v) is 4.15. The van der Waals surface area contributed by atoms with Gasteiger partial charge in [-0.05, 0) is 60.7 Å². The molecular formula is C25H20FN3O5S. The number of anilines is 1. The summed E-state index contributed by atoms with van der Waals surface area (Å²) in [4.78, 5) is 50.8. The Balaban J connectivity index is 1.36. The van der Waals surface area contributed by atoms with Crippen molar-refractivity contribution < 1.29 is 28.0 Å². The number of carbonyl (C=O) groups excluding carboxylic acids is 4. The quantitative estimate of drug-likeness (QED) is 0.471. The van der Waals surface area contributed by atoms with E-state index in [2.05, 4.69) is 10.6 Å². The summed E-state index contributed by atoms with van der Waals surface area (Å²) in [5.74, 6) is -1.79. The molecule has 4 rings (SSSR count). The van der Waals surface area contributed by atoms with Crippen LogP contribution >= 0.6 is 11.8 Å². The first kappa shape index (κ1) is 24.0. The van der Waals surface area contributed by atoms with E-state index in [4.69, 9.17) is 4.42 Å². The molecular weight excluding hydrogens is 473 g/mol. The zero-order valence-electron chi connectivity index (χ0n) is 18.5. The van der Waals surface area contributed by atoms with Crippen LogP contribution in [0.3, 0.4) is 0 Å². The third-order valence-corrected chi connectivity index (χ3v) is 6.09. The Labute approximate surface area is 204 Å². The Bertz CT molecular complexity index is 1340. The lowest BCUT2D eigenvalue weighted by Gasteiger charge is -2.14. The molecule has 1 fully saturated rings. The summed E-state index contributed by atoms with van der Waals surface area (Å²) in [6, 6.07) is 13.9. The highest BCUT2D eigenvalue weighted by Gasteiger charge is 2.34. The molecule has 0 atom stereocenters. The smallest absolute Gasteiger partial charge is 0.293 e. The number of aryl methyl sites for hydroxylation is 1. The van der Waals surface area contributed by atoms with Crippen molar-refractivity contribution in [2.75, 3.05) is 18.4 Å². The van der Waals surface area contributed by atoms with Gasteiger partial charge in [0.1, 0.15) is 5.82 Å². The number of imide groups is 1. The van der Waals surface area contributed by atoms with Gasteiger partial charge in [0.25, 0.3) is 23.0 Å². The molecule has 4 amide bonds. The zero-order valence-corrected chi connectivity index (χ0v) is 19.4. The standard InChI is InChI=1S/C25H20FN3O5S/c1-15-8-9-17(13-19(15)28-23(31)20-7-4-12-34-20)22(30)27-10-11-29-24(32)21(35-25(29)33)14-16-5-2-3-6-18(16)26/h2-9,12-14H,10-11H2,1H3,(H,27,30)(H,28,31)/b21-14-. The summed E-state index contributed by atoms with van der Waals surface area (Å²) in [6.07, 6.45) is 2.72. The first-order valence-corrected chi connectivity index (χ1v) is 11.4. The molecule has 2 N–H and O–H groups in total. The number of halogens is 1. The van der Waals surface area contributed by atoms with Crippen LogP contribution in [0.5, 0.6) is 0 Å². The molecule has 3 aromatic rings. The molecule has 0 bridgehead atoms. The summed E-state index contributed by atoms with van der Waals surface area (Å²) in [5.41, 5.74) is 1.70. The Hall–Kier alpha value is -4.18. The highest BCUT2D eigenvalue weighted by atomic mass is 32.2. The van der Waals surface area contributed by atoms with E-state index in [1.54, 1.807) is 31.2 Å². The van der Waals surface area contributed by atoms with Crippen molar-refractivity contribution in [3.63, 3.8) is 0 Å². The fourth-order valence-electron chi connectivity index (χ4n) is 3.30. The highest BCUT2D eigenvalue weighted by Crippen LogP contribution is 2.32. The van der Waals surface area contributed by atoms with Crippen molar-refractivity contribution in [2.24, 2.45) is 0 Å². The Morgan fingerprint density at radius 1 is 1.09 bits per heavy atom. The number of hydrogen-bond donors (Lipinski definition) is 2. The van der Waals surface area contributed by atoms with E-state index < -0.39 is 28.8 Å². The van der Waals surface area contributed by atoms with Crippen LogP contribution in [-0.2, 0) is 4.79 Å². The average Bonchev–Trinajstić information content (AvgIpc) is 3.46. The maximum Gasteiger partial charge on any atom is 0.293 e. The molecule has 1 aliphatic heterocycles. The number of benzene rings is 2. The number of nitrogens with zero attached hydrogens (tertiary/aromatic N) is 1. The number of amides is 4. The third-order valence-electron chi connectivity index (χ3n) is 5.18. The van der Waals surface area contributed by atoms with E-state index in [1.165, 1.54) is 42.7 Å². The normalized spacial score (nSPS) is 14.5. The maximum absolute atomic E-state index is 13.9. The molecule has 0 radical (unpaired) electrons. The predicted octanol–water partition coefficient (Wildman–Crippen LogP) is 4.45. The lowest BCUT2D eigenvalue weighted by atomic mass is 10.1. The molecule has 1 saturated heterocycles. The Morgan fingerprint density at radius 3 is 2.63 bits per heavy atom. The molecule has 0 aliphatic carbocycles. The third kappa shape index (κ3) is 5.49. The van der Waals surface area contributed by atoms with Crippen LogP contribution in [0.1, 0.15) is 32.0 Å². The van der Waals surface area contributed by atoms with Gasteiger partial charge >= 0.3 is 0 Å². The van der Waals surface area contributed by atoms with Crippen molar-refractivity contribution in [3.8, 4) is 0 Å². The molecule has 1 aromatic heterocycles. The second-order valence-electron chi connectivity index (χ2n) is 7.57. The molecule has 178 valence electrons. The van der Waals surface area contributed by atoms with Crippen molar-refractivity contribution in [2.45, 2.75) is 6.92 Å². The molecule has 35 heavy (non-hydrogen) atoms. The van der Waals surface area contributed by atoms with Gasteiger partial charge in [0.2, 0.25) is 0 Å². The van der Waals surface area contributed by atoms with Crippen LogP contribution in [0.2, 0.25) is 0 Å². The number of rotatable bonds is 7. The molecule has 1 aliphatic rings. The first-order chi connectivity index (χ1) is 16.8. The van der Waals surface area contributed by atoms with Gasteiger partial charge in [-0.1, -0.05) is 24.3 Å². The van der Waals surface area contributed by atoms with E-state index in [9.17, 15) is 23.6 Å². The van der Waals surface area contributed by atoms with Crippen LogP contribution in [0.4, 0.5) is 14.9 Å². The van der Waals surface area contributed by atoms with Crippen LogP contribution in [0, 0.1) is 12.7 Å². The van der Waals surface area contributed by atoms with Crippen molar-refractivity contribution in [1.82, 2.24) is 10.2 Å². The largest absolute Gasteiger partial charge is 0.459 e. The van der Waals surface area contributed by atoms with Crippen molar-refractivity contribution in [1.29, 1.82) is 0 Å². The summed E-state index contributed by atoms with van der Waals surface area (Å²) in [5, 5.41) is 4.87. The molecule has 2 aromatic carbocycles. The van der Waals surface area contributed by atoms with Gasteiger partial charge in [-0.25, -0.2) is 4.39 Å². The minimum Gasteiger partial charge on any atom is -0.459 e. The molecule has 8 nitrogen and oxygen atoms in total. The summed E-state index contributed by atoms with van der Waals surface area (Å²) < 4.78 is 18.9. The van der Waals surface area contributed by atoms with Crippen molar-refractivity contribution in [3.05, 3.63) is 94.0 Å². The number of thioether (sulfide) groups is 1. The van der Waals surface area contributed by atoms with Crippen LogP contribution in [0.15, 0.2) is 70.2 Å².